The van der Waals surface area contributed by atoms with Crippen LogP contribution in [0.4, 0.5) is 5.69 Å². The number of ether oxygens (including phenoxy) is 3. The van der Waals surface area contributed by atoms with E-state index in [0.717, 1.165) is 0 Å². The first kappa shape index (κ1) is 19.9. The summed E-state index contributed by atoms with van der Waals surface area (Å²) in [6.07, 6.45) is 0. The van der Waals surface area contributed by atoms with Crippen molar-refractivity contribution in [3.05, 3.63) is 63.7 Å². The number of benzene rings is 2. The molecule has 0 fully saturated rings. The van der Waals surface area contributed by atoms with Crippen LogP contribution in [0.15, 0.2) is 42.5 Å². The lowest BCUT2D eigenvalue weighted by Gasteiger charge is -2.16. The number of nitrogens with zero attached hydrogens (tertiary/aromatic N) is 1. The zero-order valence-electron chi connectivity index (χ0n) is 15.1. The van der Waals surface area contributed by atoms with Crippen molar-refractivity contribution in [1.82, 2.24) is 0 Å². The fourth-order valence-electron chi connectivity index (χ4n) is 2.52. The Bertz CT molecular complexity index is 823. The Morgan fingerprint density at radius 3 is 2.04 bits per heavy atom. The number of ketones is 1. The molecule has 142 valence electrons. The molecule has 1 atom stereocenters. The molecule has 0 amide bonds. The van der Waals surface area contributed by atoms with E-state index in [4.69, 9.17) is 14.2 Å². The largest absolute Gasteiger partial charge is 0.497 e. The van der Waals surface area contributed by atoms with E-state index < -0.39 is 22.6 Å². The number of rotatable bonds is 8. The number of esters is 1. The van der Waals surface area contributed by atoms with Gasteiger partial charge in [0.15, 0.2) is 5.78 Å². The third-order valence-electron chi connectivity index (χ3n) is 3.86. The van der Waals surface area contributed by atoms with E-state index in [1.54, 1.807) is 13.0 Å². The van der Waals surface area contributed by atoms with Crippen LogP contribution >= 0.6 is 0 Å². The Kier molecular flexibility index (Phi) is 6.48. The molecule has 2 rings (SSSR count). The second kappa shape index (κ2) is 8.79. The van der Waals surface area contributed by atoms with Crippen molar-refractivity contribution in [1.29, 1.82) is 0 Å². The highest BCUT2D eigenvalue weighted by molar-refractivity contribution is 6.13. The Morgan fingerprint density at radius 2 is 1.59 bits per heavy atom. The van der Waals surface area contributed by atoms with Gasteiger partial charge in [0.05, 0.1) is 25.7 Å². The zero-order valence-corrected chi connectivity index (χ0v) is 15.1. The number of hydrogen-bond acceptors (Lipinski definition) is 7. The molecule has 0 bridgehead atoms. The van der Waals surface area contributed by atoms with Crippen LogP contribution in [0.2, 0.25) is 0 Å². The summed E-state index contributed by atoms with van der Waals surface area (Å²) in [5.74, 6) is -1.74. The van der Waals surface area contributed by atoms with Gasteiger partial charge in [-0.05, 0) is 24.6 Å². The summed E-state index contributed by atoms with van der Waals surface area (Å²) >= 11 is 0. The standard InChI is InChI=1S/C19H19NO7/c1-4-27-19(22)17(12-5-7-14(8-6-12)20(23)24)18(21)13-9-15(25-2)11-16(10-13)26-3/h5-11,17H,4H2,1-3H3. The topological polar surface area (TPSA) is 105 Å². The number of nitro benzene ring substituents is 1. The van der Waals surface area contributed by atoms with Gasteiger partial charge in [-0.3, -0.25) is 19.7 Å². The normalized spacial score (nSPS) is 11.4. The van der Waals surface area contributed by atoms with E-state index in [2.05, 4.69) is 0 Å². The lowest BCUT2D eigenvalue weighted by molar-refractivity contribution is -0.384. The molecule has 1 unspecified atom stereocenters. The van der Waals surface area contributed by atoms with Crippen LogP contribution in [0.25, 0.3) is 0 Å². The van der Waals surface area contributed by atoms with E-state index in [1.807, 2.05) is 0 Å². The minimum absolute atomic E-state index is 0.0943. The monoisotopic (exact) mass is 373 g/mol. The molecule has 8 heteroatoms. The average molecular weight is 373 g/mol. The summed E-state index contributed by atoms with van der Waals surface area (Å²) in [6.45, 7) is 1.72. The summed E-state index contributed by atoms with van der Waals surface area (Å²) in [6, 6.07) is 9.79. The maximum Gasteiger partial charge on any atom is 0.321 e. The van der Waals surface area contributed by atoms with Crippen LogP contribution in [-0.2, 0) is 9.53 Å². The predicted octanol–water partition coefficient (Wildman–Crippen LogP) is 3.14. The Hall–Kier alpha value is -3.42. The second-order valence-corrected chi connectivity index (χ2v) is 5.50. The number of carbonyl (C=O) groups excluding carboxylic acids is 2. The molecule has 0 radical (unpaired) electrons. The van der Waals surface area contributed by atoms with Gasteiger partial charge in [-0.25, -0.2) is 0 Å². The van der Waals surface area contributed by atoms with E-state index in [-0.39, 0.29) is 17.9 Å². The summed E-state index contributed by atoms with van der Waals surface area (Å²) in [4.78, 5) is 35.8. The minimum atomic E-state index is -1.26. The number of Topliss-reactive ketones (excluding diaryl/α,β-unsaturated/α-hetero) is 1. The zero-order chi connectivity index (χ0) is 20.0. The van der Waals surface area contributed by atoms with Crippen molar-refractivity contribution < 1.29 is 28.7 Å². The average Bonchev–Trinajstić information content (AvgIpc) is 2.68. The molecular weight excluding hydrogens is 354 g/mol. The van der Waals surface area contributed by atoms with E-state index in [1.165, 1.54) is 50.6 Å². The smallest absolute Gasteiger partial charge is 0.321 e. The van der Waals surface area contributed by atoms with E-state index >= 15 is 0 Å². The van der Waals surface area contributed by atoms with Crippen molar-refractivity contribution in [2.24, 2.45) is 0 Å². The molecular formula is C19H19NO7. The highest BCUT2D eigenvalue weighted by atomic mass is 16.6. The Balaban J connectivity index is 2.49. The minimum Gasteiger partial charge on any atom is -0.497 e. The number of nitro groups is 1. The number of methoxy groups -OCH3 is 2. The molecule has 0 spiro atoms. The van der Waals surface area contributed by atoms with Crippen LogP contribution in [0, 0.1) is 10.1 Å². The summed E-state index contributed by atoms with van der Waals surface area (Å²) in [7, 11) is 2.89. The maximum absolute atomic E-state index is 13.1. The number of hydrogen-bond donors (Lipinski definition) is 0. The van der Waals surface area contributed by atoms with E-state index in [0.29, 0.717) is 17.1 Å². The van der Waals surface area contributed by atoms with Crippen molar-refractivity contribution in [2.45, 2.75) is 12.8 Å². The molecule has 0 aliphatic rings. The summed E-state index contributed by atoms with van der Waals surface area (Å²) < 4.78 is 15.4. The number of non-ortho nitro benzene ring substituents is 1. The molecule has 0 heterocycles. The van der Waals surface area contributed by atoms with Crippen LogP contribution in [0.5, 0.6) is 11.5 Å². The third kappa shape index (κ3) is 4.60. The quantitative estimate of drug-likeness (QED) is 0.230. The molecule has 0 aliphatic carbocycles. The van der Waals surface area contributed by atoms with Gasteiger partial charge in [-0.15, -0.1) is 0 Å². The second-order valence-electron chi connectivity index (χ2n) is 5.50. The van der Waals surface area contributed by atoms with Gasteiger partial charge in [0.2, 0.25) is 0 Å². The van der Waals surface area contributed by atoms with Gasteiger partial charge < -0.3 is 14.2 Å². The van der Waals surface area contributed by atoms with Gasteiger partial charge in [-0.1, -0.05) is 12.1 Å². The molecule has 0 aromatic heterocycles. The fraction of sp³-hybridized carbons (Fsp3) is 0.263. The van der Waals surface area contributed by atoms with Crippen LogP contribution in [-0.4, -0.2) is 37.5 Å². The molecule has 0 saturated heterocycles. The summed E-state index contributed by atoms with van der Waals surface area (Å²) in [5.41, 5.74) is 0.352. The highest BCUT2D eigenvalue weighted by Crippen LogP contribution is 2.29. The highest BCUT2D eigenvalue weighted by Gasteiger charge is 2.31. The molecule has 0 aliphatic heterocycles. The van der Waals surface area contributed by atoms with Gasteiger partial charge in [0, 0.05) is 23.8 Å². The van der Waals surface area contributed by atoms with Crippen LogP contribution in [0.3, 0.4) is 0 Å². The first-order valence-corrected chi connectivity index (χ1v) is 8.09. The van der Waals surface area contributed by atoms with E-state index in [9.17, 15) is 19.7 Å². The van der Waals surface area contributed by atoms with Crippen LogP contribution in [0.1, 0.15) is 28.8 Å². The first-order valence-electron chi connectivity index (χ1n) is 8.09. The molecule has 0 N–H and O–H groups in total. The van der Waals surface area contributed by atoms with Gasteiger partial charge in [0.1, 0.15) is 17.4 Å². The lowest BCUT2D eigenvalue weighted by Crippen LogP contribution is -2.24. The third-order valence-corrected chi connectivity index (χ3v) is 3.86. The summed E-state index contributed by atoms with van der Waals surface area (Å²) in [5, 5.41) is 10.8. The van der Waals surface area contributed by atoms with Gasteiger partial charge >= 0.3 is 5.97 Å². The first-order chi connectivity index (χ1) is 12.9. The fourth-order valence-corrected chi connectivity index (χ4v) is 2.52. The molecule has 8 nitrogen and oxygen atoms in total. The van der Waals surface area contributed by atoms with Crippen molar-refractivity contribution in [3.63, 3.8) is 0 Å². The van der Waals surface area contributed by atoms with Crippen molar-refractivity contribution >= 4 is 17.4 Å². The molecule has 27 heavy (non-hydrogen) atoms. The molecule has 2 aromatic rings. The van der Waals surface area contributed by atoms with Crippen molar-refractivity contribution in [3.8, 4) is 11.5 Å². The molecule has 2 aromatic carbocycles. The maximum atomic E-state index is 13.1. The lowest BCUT2D eigenvalue weighted by atomic mass is 9.90. The van der Waals surface area contributed by atoms with Crippen LogP contribution < -0.4 is 9.47 Å². The van der Waals surface area contributed by atoms with Gasteiger partial charge in [0.25, 0.3) is 5.69 Å². The SMILES string of the molecule is CCOC(=O)C(C(=O)c1cc(OC)cc(OC)c1)c1ccc([N+](=O)[O-])cc1. The van der Waals surface area contributed by atoms with Gasteiger partial charge in [-0.2, -0.15) is 0 Å². The van der Waals surface area contributed by atoms with Crippen molar-refractivity contribution in [2.75, 3.05) is 20.8 Å². The number of carbonyl (C=O) groups is 2. The molecule has 0 saturated carbocycles. The predicted molar refractivity (Wildman–Crippen MR) is 96.3 cm³/mol. The Morgan fingerprint density at radius 1 is 1.04 bits per heavy atom. The Labute approximate surface area is 155 Å².